The third-order valence-corrected chi connectivity index (χ3v) is 5.43. The van der Waals surface area contributed by atoms with Crippen LogP contribution in [-0.4, -0.2) is 19.5 Å². The Bertz CT molecular complexity index is 1440. The first kappa shape index (κ1) is 18.5. The quantitative estimate of drug-likeness (QED) is 0.364. The van der Waals surface area contributed by atoms with Crippen molar-refractivity contribution in [2.75, 3.05) is 0 Å². The number of nitrogens with zero attached hydrogens (tertiary/aromatic N) is 2. The highest BCUT2D eigenvalue weighted by Gasteiger charge is 2.35. The van der Waals surface area contributed by atoms with Gasteiger partial charge in [-0.15, -0.1) is 0 Å². The molecular weight excluding hydrogens is 422 g/mol. The molecule has 9 heteroatoms. The average molecular weight is 436 g/mol. The van der Waals surface area contributed by atoms with E-state index >= 15 is 0 Å². The first-order valence-electron chi connectivity index (χ1n) is 9.04. The molecule has 0 saturated carbocycles. The third-order valence-electron chi connectivity index (χ3n) is 4.97. The molecule has 1 unspecified atom stereocenters. The molecule has 148 valence electrons. The van der Waals surface area contributed by atoms with Gasteiger partial charge < -0.3 is 9.72 Å². The molecule has 2 aromatic carbocycles. The Morgan fingerprint density at radius 3 is 2.53 bits per heavy atom. The topological polar surface area (TPSA) is 99.5 Å². The molecule has 0 aliphatic carbocycles. The summed E-state index contributed by atoms with van der Waals surface area (Å²) in [6.45, 7) is 0. The Morgan fingerprint density at radius 2 is 1.80 bits per heavy atom. The fraction of sp³-hybridized carbons (Fsp3) is 0.0476. The first-order chi connectivity index (χ1) is 14.5. The van der Waals surface area contributed by atoms with E-state index in [0.29, 0.717) is 16.1 Å². The summed E-state index contributed by atoms with van der Waals surface area (Å²) in [7, 11) is 0. The van der Waals surface area contributed by atoms with Crippen LogP contribution in [0.15, 0.2) is 65.7 Å². The van der Waals surface area contributed by atoms with Crippen molar-refractivity contribution < 1.29 is 4.74 Å². The molecule has 2 aromatic heterocycles. The van der Waals surface area contributed by atoms with Gasteiger partial charge in [0.05, 0.1) is 17.0 Å². The van der Waals surface area contributed by atoms with Crippen molar-refractivity contribution in [1.29, 1.82) is 5.41 Å². The van der Waals surface area contributed by atoms with E-state index in [4.69, 9.17) is 34.0 Å². The van der Waals surface area contributed by atoms with Gasteiger partial charge in [-0.25, -0.2) is 4.98 Å². The molecule has 3 heterocycles. The van der Waals surface area contributed by atoms with Gasteiger partial charge in [-0.3, -0.25) is 19.8 Å². The molecule has 5 rings (SSSR count). The molecule has 0 bridgehead atoms. The zero-order chi connectivity index (χ0) is 20.8. The fourth-order valence-electron chi connectivity index (χ4n) is 3.64. The van der Waals surface area contributed by atoms with Gasteiger partial charge >= 0.3 is 0 Å². The summed E-state index contributed by atoms with van der Waals surface area (Å²) < 4.78 is 7.67. The van der Waals surface area contributed by atoms with Crippen LogP contribution in [0, 0.1) is 10.2 Å². The average Bonchev–Trinajstić information content (AvgIpc) is 2.74. The Kier molecular flexibility index (Phi) is 4.38. The lowest BCUT2D eigenvalue weighted by atomic mass is 9.85. The van der Waals surface area contributed by atoms with E-state index in [9.17, 15) is 4.79 Å². The van der Waals surface area contributed by atoms with E-state index in [2.05, 4.69) is 15.0 Å². The van der Waals surface area contributed by atoms with Crippen LogP contribution in [0.25, 0.3) is 5.69 Å². The number of para-hydroxylation sites is 1. The third kappa shape index (κ3) is 2.97. The molecule has 1 aliphatic rings. The number of H-pyrrole nitrogens is 2. The van der Waals surface area contributed by atoms with Gasteiger partial charge in [-0.2, -0.15) is 0 Å². The van der Waals surface area contributed by atoms with Crippen molar-refractivity contribution in [2.45, 2.75) is 5.92 Å². The largest absolute Gasteiger partial charge is 0.422 e. The maximum atomic E-state index is 12.9. The second kappa shape index (κ2) is 7.08. The highest BCUT2D eigenvalue weighted by Crippen LogP contribution is 2.42. The number of ether oxygens (including phenoxy) is 1. The monoisotopic (exact) mass is 435 g/mol. The maximum absolute atomic E-state index is 12.9. The van der Waals surface area contributed by atoms with Gasteiger partial charge in [-0.05, 0) is 42.0 Å². The molecule has 0 amide bonds. The van der Waals surface area contributed by atoms with Crippen LogP contribution in [0.5, 0.6) is 11.8 Å². The van der Waals surface area contributed by atoms with Crippen molar-refractivity contribution in [1.82, 2.24) is 19.5 Å². The van der Waals surface area contributed by atoms with Gasteiger partial charge in [0.25, 0.3) is 5.56 Å². The number of aromatic amines is 2. The lowest BCUT2D eigenvalue weighted by Crippen LogP contribution is -2.32. The van der Waals surface area contributed by atoms with Crippen LogP contribution in [0.1, 0.15) is 22.6 Å². The van der Waals surface area contributed by atoms with Crippen molar-refractivity contribution in [3.05, 3.63) is 103 Å². The van der Waals surface area contributed by atoms with Crippen molar-refractivity contribution >= 4 is 23.8 Å². The van der Waals surface area contributed by atoms with E-state index in [1.165, 1.54) is 6.33 Å². The predicted molar refractivity (Wildman–Crippen MR) is 114 cm³/mol. The van der Waals surface area contributed by atoms with E-state index < -0.39 is 5.92 Å². The normalized spacial score (nSPS) is 14.5. The van der Waals surface area contributed by atoms with E-state index in [1.807, 2.05) is 42.5 Å². The fourth-order valence-corrected chi connectivity index (χ4v) is 3.95. The molecule has 0 fully saturated rings. The van der Waals surface area contributed by atoms with Crippen molar-refractivity contribution in [2.24, 2.45) is 0 Å². The maximum Gasteiger partial charge on any atom is 0.259 e. The lowest BCUT2D eigenvalue weighted by molar-refractivity contribution is 0.405. The summed E-state index contributed by atoms with van der Waals surface area (Å²) in [5.41, 5.74) is 2.15. The zero-order valence-electron chi connectivity index (χ0n) is 15.3. The van der Waals surface area contributed by atoms with Gasteiger partial charge in [-0.1, -0.05) is 41.9 Å². The molecule has 30 heavy (non-hydrogen) atoms. The number of fused-ring (bicyclic) bond motifs is 2. The number of rotatable bonds is 2. The van der Waals surface area contributed by atoms with Crippen LogP contribution in [0.4, 0.5) is 0 Å². The summed E-state index contributed by atoms with van der Waals surface area (Å²) in [4.78, 5) is 22.8. The summed E-state index contributed by atoms with van der Waals surface area (Å²) in [5.74, 6) is -0.121. The van der Waals surface area contributed by atoms with Crippen LogP contribution in [0.3, 0.4) is 0 Å². The SMILES string of the molecule is N=c1c2c(ncn1-c1ccccc1)Oc1[nH]c(=S)[nH]c(=O)c1C2c1ccc(Cl)cc1. The number of aromatic nitrogens is 4. The highest BCUT2D eigenvalue weighted by molar-refractivity contribution is 7.71. The van der Waals surface area contributed by atoms with E-state index in [1.54, 1.807) is 16.7 Å². The Balaban J connectivity index is 1.83. The standard InChI is InChI=1S/C21H14ClN5O2S/c22-12-8-6-11(7-9-12)14-15-17(23)27(13-4-2-1-3-5-13)10-24-19(15)29-20-16(14)18(28)25-21(30)26-20/h1-10,14,23H,(H2,25,26,28,30). The summed E-state index contributed by atoms with van der Waals surface area (Å²) in [5, 5.41) is 9.49. The Hall–Kier alpha value is -3.49. The van der Waals surface area contributed by atoms with E-state index in [0.717, 1.165) is 11.3 Å². The van der Waals surface area contributed by atoms with Crippen molar-refractivity contribution in [3.8, 4) is 17.4 Å². The van der Waals surface area contributed by atoms with Gasteiger partial charge in [0.2, 0.25) is 11.8 Å². The van der Waals surface area contributed by atoms with Crippen LogP contribution in [-0.2, 0) is 0 Å². The minimum Gasteiger partial charge on any atom is -0.422 e. The predicted octanol–water partition coefficient (Wildman–Crippen LogP) is 4.04. The minimum atomic E-state index is -0.590. The van der Waals surface area contributed by atoms with Crippen LogP contribution < -0.4 is 15.8 Å². The Labute approximate surface area is 180 Å². The van der Waals surface area contributed by atoms with Gasteiger partial charge in [0, 0.05) is 10.7 Å². The molecule has 0 spiro atoms. The number of hydrogen-bond acceptors (Lipinski definition) is 5. The molecular formula is C21H14ClN5O2S. The molecule has 1 aliphatic heterocycles. The van der Waals surface area contributed by atoms with Gasteiger partial charge in [0.15, 0.2) is 4.77 Å². The smallest absolute Gasteiger partial charge is 0.259 e. The van der Waals surface area contributed by atoms with Crippen LogP contribution in [0.2, 0.25) is 5.02 Å². The molecule has 3 N–H and O–H groups in total. The lowest BCUT2D eigenvalue weighted by Gasteiger charge is -2.27. The molecule has 1 atom stereocenters. The molecule has 4 aromatic rings. The number of hydrogen-bond donors (Lipinski definition) is 3. The second-order valence-electron chi connectivity index (χ2n) is 6.76. The van der Waals surface area contributed by atoms with E-state index in [-0.39, 0.29) is 27.6 Å². The molecule has 0 saturated heterocycles. The second-order valence-corrected chi connectivity index (χ2v) is 7.60. The zero-order valence-corrected chi connectivity index (χ0v) is 16.9. The summed E-state index contributed by atoms with van der Waals surface area (Å²) in [6.07, 6.45) is 1.53. The number of benzene rings is 2. The number of nitrogens with one attached hydrogen (secondary N) is 3. The summed E-state index contributed by atoms with van der Waals surface area (Å²) in [6, 6.07) is 16.6. The molecule has 7 nitrogen and oxygen atoms in total. The van der Waals surface area contributed by atoms with Gasteiger partial charge in [0.1, 0.15) is 11.8 Å². The number of halogens is 1. The van der Waals surface area contributed by atoms with Crippen molar-refractivity contribution in [3.63, 3.8) is 0 Å². The Morgan fingerprint density at radius 1 is 1.07 bits per heavy atom. The molecule has 0 radical (unpaired) electrons. The summed E-state index contributed by atoms with van der Waals surface area (Å²) >= 11 is 11.2. The minimum absolute atomic E-state index is 0.151. The van der Waals surface area contributed by atoms with Crippen LogP contribution >= 0.6 is 23.8 Å². The highest BCUT2D eigenvalue weighted by atomic mass is 35.5. The first-order valence-corrected chi connectivity index (χ1v) is 9.83.